The highest BCUT2D eigenvalue weighted by molar-refractivity contribution is 5.98. The van der Waals surface area contributed by atoms with Crippen LogP contribution < -0.4 is 0 Å². The van der Waals surface area contributed by atoms with Crippen molar-refractivity contribution >= 4 is 23.2 Å². The lowest BCUT2D eigenvalue weighted by atomic mass is 10.1. The maximum atomic E-state index is 13.1. The molecule has 0 saturated heterocycles. The number of nitrogens with zero attached hydrogens (tertiary/aromatic N) is 4. The number of aliphatic hydroxyl groups is 1. The highest BCUT2D eigenvalue weighted by atomic mass is 19.4. The van der Waals surface area contributed by atoms with Gasteiger partial charge in [0.1, 0.15) is 5.82 Å². The average molecular weight is 340 g/mol. The van der Waals surface area contributed by atoms with Gasteiger partial charge >= 0.3 is 6.18 Å². The fourth-order valence-electron chi connectivity index (χ4n) is 2.79. The van der Waals surface area contributed by atoms with Crippen molar-refractivity contribution in [2.75, 3.05) is 0 Å². The zero-order valence-corrected chi connectivity index (χ0v) is 13.0. The number of benzene rings is 1. The summed E-state index contributed by atoms with van der Waals surface area (Å²) in [7, 11) is 0. The van der Waals surface area contributed by atoms with E-state index in [1.807, 2.05) is 11.5 Å². The number of hydrogen-bond donors (Lipinski definition) is 1. The van der Waals surface area contributed by atoms with Gasteiger partial charge in [-0.3, -0.25) is 4.79 Å². The first-order chi connectivity index (χ1) is 11.2. The van der Waals surface area contributed by atoms with Gasteiger partial charge in [-0.05, 0) is 32.0 Å². The number of rotatable bonds is 2. The van der Waals surface area contributed by atoms with Crippen LogP contribution in [0.25, 0.3) is 11.0 Å². The van der Waals surface area contributed by atoms with Crippen molar-refractivity contribution in [1.29, 1.82) is 0 Å². The second kappa shape index (κ2) is 5.30. The van der Waals surface area contributed by atoms with E-state index in [9.17, 15) is 23.1 Å². The fourth-order valence-corrected chi connectivity index (χ4v) is 2.79. The van der Waals surface area contributed by atoms with E-state index in [0.29, 0.717) is 12.1 Å². The molecule has 0 radical (unpaired) electrons. The van der Waals surface area contributed by atoms with Crippen LogP contribution in [0.1, 0.15) is 29.5 Å². The van der Waals surface area contributed by atoms with Gasteiger partial charge in [0, 0.05) is 24.7 Å². The van der Waals surface area contributed by atoms with Gasteiger partial charge in [0.2, 0.25) is 0 Å². The van der Waals surface area contributed by atoms with Crippen molar-refractivity contribution in [3.05, 3.63) is 29.6 Å². The smallest absolute Gasteiger partial charge is 0.362 e. The first-order valence-electron chi connectivity index (χ1n) is 7.32. The summed E-state index contributed by atoms with van der Waals surface area (Å²) in [5.74, 6) is -0.294. The molecule has 3 rings (SSSR count). The zero-order chi connectivity index (χ0) is 17.7. The quantitative estimate of drug-likeness (QED) is 0.913. The molecule has 1 aromatic heterocycles. The molecule has 0 unspecified atom stereocenters. The normalized spacial score (nSPS) is 21.0. The van der Waals surface area contributed by atoms with Gasteiger partial charge in [-0.25, -0.2) is 4.98 Å². The molecule has 1 aromatic carbocycles. The lowest BCUT2D eigenvalue weighted by molar-refractivity contribution is -0.297. The van der Waals surface area contributed by atoms with Crippen LogP contribution in [-0.2, 0) is 6.54 Å². The molecule has 9 heteroatoms. The minimum atomic E-state index is -5.01. The summed E-state index contributed by atoms with van der Waals surface area (Å²) in [6.07, 6.45) is -4.93. The van der Waals surface area contributed by atoms with E-state index in [-0.39, 0.29) is 10.6 Å². The van der Waals surface area contributed by atoms with Crippen molar-refractivity contribution in [3.8, 4) is 0 Å². The number of hydrogen-bond acceptors (Lipinski definition) is 4. The Hall–Kier alpha value is -2.42. The molecular weight excluding hydrogens is 325 g/mol. The Bertz CT molecular complexity index is 843. The molecule has 1 aliphatic heterocycles. The van der Waals surface area contributed by atoms with Crippen LogP contribution in [-0.4, -0.2) is 43.7 Å². The minimum absolute atomic E-state index is 0.0232. The SMILES string of the molecule is CCn1c(C)nc2cc(C(=O)N3N=CC[C@]3(O)C(F)(F)F)ccc21. The summed E-state index contributed by atoms with van der Waals surface area (Å²) in [5, 5.41) is 13.3. The molecular formula is C15H15F3N4O2. The molecule has 6 nitrogen and oxygen atoms in total. The van der Waals surface area contributed by atoms with Crippen LogP contribution in [0.2, 0.25) is 0 Å². The average Bonchev–Trinajstić information content (AvgIpc) is 3.05. The monoisotopic (exact) mass is 340 g/mol. The molecule has 1 N–H and O–H groups in total. The number of alkyl halides is 3. The highest BCUT2D eigenvalue weighted by Crippen LogP contribution is 2.39. The zero-order valence-electron chi connectivity index (χ0n) is 13.0. The third kappa shape index (κ3) is 2.27. The summed E-state index contributed by atoms with van der Waals surface area (Å²) in [4.78, 5) is 16.7. The number of carbonyl (C=O) groups is 1. The van der Waals surface area contributed by atoms with Gasteiger partial charge in [-0.2, -0.15) is 23.3 Å². The lowest BCUT2D eigenvalue weighted by Gasteiger charge is -2.32. The van der Waals surface area contributed by atoms with Gasteiger partial charge in [-0.15, -0.1) is 0 Å². The molecule has 2 heterocycles. The summed E-state index contributed by atoms with van der Waals surface area (Å²) in [6, 6.07) is 4.43. The predicted molar refractivity (Wildman–Crippen MR) is 80.4 cm³/mol. The second-order valence-corrected chi connectivity index (χ2v) is 5.54. The first-order valence-corrected chi connectivity index (χ1v) is 7.32. The Morgan fingerprint density at radius 1 is 1.42 bits per heavy atom. The van der Waals surface area contributed by atoms with E-state index in [4.69, 9.17) is 0 Å². The number of carbonyl (C=O) groups excluding carboxylic acids is 1. The van der Waals surface area contributed by atoms with Crippen LogP contribution in [0, 0.1) is 6.92 Å². The number of hydrazone groups is 1. The van der Waals surface area contributed by atoms with Crippen molar-refractivity contribution in [2.45, 2.75) is 38.7 Å². The molecule has 0 spiro atoms. The highest BCUT2D eigenvalue weighted by Gasteiger charge is 2.61. The van der Waals surface area contributed by atoms with Gasteiger partial charge in [-0.1, -0.05) is 0 Å². The Balaban J connectivity index is 2.01. The lowest BCUT2D eigenvalue weighted by Crippen LogP contribution is -2.56. The maximum Gasteiger partial charge on any atom is 0.438 e. The number of imidazole rings is 1. The van der Waals surface area contributed by atoms with E-state index in [1.165, 1.54) is 12.1 Å². The van der Waals surface area contributed by atoms with E-state index in [0.717, 1.165) is 17.6 Å². The summed E-state index contributed by atoms with van der Waals surface area (Å²) in [6.45, 7) is 4.42. The van der Waals surface area contributed by atoms with Crippen LogP contribution in [0.15, 0.2) is 23.3 Å². The molecule has 0 aliphatic carbocycles. The molecule has 2 aromatic rings. The fraction of sp³-hybridized carbons (Fsp3) is 0.400. The number of aryl methyl sites for hydroxylation is 2. The van der Waals surface area contributed by atoms with Crippen LogP contribution in [0.4, 0.5) is 13.2 Å². The third-order valence-corrected chi connectivity index (χ3v) is 4.07. The van der Waals surface area contributed by atoms with Crippen LogP contribution in [0.5, 0.6) is 0 Å². The van der Waals surface area contributed by atoms with Gasteiger partial charge < -0.3 is 9.67 Å². The molecule has 1 amide bonds. The molecule has 0 fully saturated rings. The van der Waals surface area contributed by atoms with E-state index in [2.05, 4.69) is 10.1 Å². The van der Waals surface area contributed by atoms with Crippen molar-refractivity contribution in [3.63, 3.8) is 0 Å². The molecule has 0 saturated carbocycles. The first kappa shape index (κ1) is 16.4. The molecule has 1 atom stereocenters. The van der Waals surface area contributed by atoms with Gasteiger partial charge in [0.05, 0.1) is 11.0 Å². The molecule has 0 bridgehead atoms. The Morgan fingerprint density at radius 2 is 2.12 bits per heavy atom. The topological polar surface area (TPSA) is 70.7 Å². The summed E-state index contributed by atoms with van der Waals surface area (Å²) < 4.78 is 41.2. The number of fused-ring (bicyclic) bond motifs is 1. The third-order valence-electron chi connectivity index (χ3n) is 4.07. The summed E-state index contributed by atoms with van der Waals surface area (Å²) in [5.41, 5.74) is -2.07. The Morgan fingerprint density at radius 3 is 2.75 bits per heavy atom. The number of amides is 1. The number of halogens is 3. The van der Waals surface area contributed by atoms with E-state index < -0.39 is 24.2 Å². The molecule has 24 heavy (non-hydrogen) atoms. The largest absolute Gasteiger partial charge is 0.438 e. The minimum Gasteiger partial charge on any atom is -0.362 e. The van der Waals surface area contributed by atoms with Crippen LogP contribution >= 0.6 is 0 Å². The van der Waals surface area contributed by atoms with Gasteiger partial charge in [0.15, 0.2) is 0 Å². The van der Waals surface area contributed by atoms with Gasteiger partial charge in [0.25, 0.3) is 11.6 Å². The standard InChI is InChI=1S/C15H15F3N4O2/c1-3-21-9(2)20-11-8-10(4-5-12(11)21)13(23)22-14(24,6-7-19-22)15(16,17)18/h4-5,7-8,24H,3,6H2,1-2H3/t14-/m0/s1. The second-order valence-electron chi connectivity index (χ2n) is 5.54. The van der Waals surface area contributed by atoms with Crippen LogP contribution in [0.3, 0.4) is 0 Å². The maximum absolute atomic E-state index is 13.1. The molecule has 128 valence electrons. The van der Waals surface area contributed by atoms with Crippen molar-refractivity contribution in [1.82, 2.24) is 14.6 Å². The van der Waals surface area contributed by atoms with E-state index >= 15 is 0 Å². The summed E-state index contributed by atoms with van der Waals surface area (Å²) >= 11 is 0. The Kier molecular flexibility index (Phi) is 3.63. The number of aromatic nitrogens is 2. The Labute approximate surface area is 135 Å². The van der Waals surface area contributed by atoms with Crippen molar-refractivity contribution < 1.29 is 23.1 Å². The van der Waals surface area contributed by atoms with Crippen molar-refractivity contribution in [2.24, 2.45) is 5.10 Å². The molecule has 1 aliphatic rings. The predicted octanol–water partition coefficient (Wildman–Crippen LogP) is 2.45. The van der Waals surface area contributed by atoms with E-state index in [1.54, 1.807) is 13.0 Å².